The molecular weight excluding hydrogens is 551 g/mol. The summed E-state index contributed by atoms with van der Waals surface area (Å²) in [7, 11) is 0.911. The third-order valence-corrected chi connectivity index (χ3v) is 10.9. The molecule has 0 radical (unpaired) electrons. The lowest BCUT2D eigenvalue weighted by Gasteiger charge is -2.33. The Kier molecular flexibility index (Phi) is 7.14. The summed E-state index contributed by atoms with van der Waals surface area (Å²) in [5.74, 6) is 0.756. The first-order valence-corrected chi connectivity index (χ1v) is 15.5. The van der Waals surface area contributed by atoms with Gasteiger partial charge in [-0.15, -0.1) is 11.8 Å². The first kappa shape index (κ1) is 29.1. The maximum Gasteiger partial charge on any atom is 0.494 e. The molecule has 11 heteroatoms. The van der Waals surface area contributed by atoms with E-state index in [1.807, 2.05) is 24.9 Å². The lowest BCUT2D eigenvalue weighted by Crippen LogP contribution is -2.54. The number of carbonyl (C=O) groups excluding carboxylic acids is 2. The van der Waals surface area contributed by atoms with Crippen molar-refractivity contribution in [2.75, 3.05) is 13.7 Å². The van der Waals surface area contributed by atoms with Crippen LogP contribution in [-0.2, 0) is 23.6 Å². The second-order valence-corrected chi connectivity index (χ2v) is 14.3. The molecule has 3 aliphatic rings. The van der Waals surface area contributed by atoms with Crippen molar-refractivity contribution >= 4 is 47.1 Å². The minimum Gasteiger partial charge on any atom is -0.453 e. The van der Waals surface area contributed by atoms with Gasteiger partial charge < -0.3 is 29.2 Å². The Bertz CT molecular complexity index is 1520. The second kappa shape index (κ2) is 10.3. The van der Waals surface area contributed by atoms with Crippen molar-refractivity contribution in [1.29, 1.82) is 0 Å². The van der Waals surface area contributed by atoms with E-state index in [4.69, 9.17) is 19.0 Å². The third-order valence-electron chi connectivity index (χ3n) is 9.25. The molecule has 6 rings (SSSR count). The number of aromatic amines is 1. The Labute approximate surface area is 251 Å². The minimum atomic E-state index is -0.635. The van der Waals surface area contributed by atoms with Crippen LogP contribution in [0.1, 0.15) is 60.2 Å². The molecule has 2 aromatic carbocycles. The fourth-order valence-corrected chi connectivity index (χ4v) is 7.43. The highest BCUT2D eigenvalue weighted by molar-refractivity contribution is 8.08. The van der Waals surface area contributed by atoms with Gasteiger partial charge in [0, 0.05) is 12.1 Å². The van der Waals surface area contributed by atoms with Gasteiger partial charge in [0.05, 0.1) is 30.2 Å². The van der Waals surface area contributed by atoms with Gasteiger partial charge in [-0.1, -0.05) is 44.2 Å². The zero-order valence-corrected chi connectivity index (χ0v) is 26.1. The van der Waals surface area contributed by atoms with Crippen LogP contribution in [0.5, 0.6) is 0 Å². The number of rotatable bonds is 6. The molecule has 2 N–H and O–H groups in total. The van der Waals surface area contributed by atoms with Gasteiger partial charge in [-0.2, -0.15) is 0 Å². The predicted octanol–water partition coefficient (Wildman–Crippen LogP) is 4.80. The molecule has 4 heterocycles. The van der Waals surface area contributed by atoms with Crippen LogP contribution in [-0.4, -0.2) is 70.3 Å². The van der Waals surface area contributed by atoms with Crippen molar-refractivity contribution in [3.05, 3.63) is 48.4 Å². The molecule has 3 aromatic rings. The quantitative estimate of drug-likeness (QED) is 0.314. The van der Waals surface area contributed by atoms with E-state index in [1.54, 1.807) is 11.8 Å². The summed E-state index contributed by atoms with van der Waals surface area (Å²) in [4.78, 5) is 35.7. The van der Waals surface area contributed by atoms with Gasteiger partial charge in [0.2, 0.25) is 5.91 Å². The number of benzene rings is 2. The smallest absolute Gasteiger partial charge is 0.453 e. The minimum absolute atomic E-state index is 0.0107. The van der Waals surface area contributed by atoms with Gasteiger partial charge >= 0.3 is 13.2 Å². The van der Waals surface area contributed by atoms with Crippen LogP contribution in [0.15, 0.2) is 42.6 Å². The van der Waals surface area contributed by atoms with Crippen LogP contribution in [0.2, 0.25) is 0 Å². The number of aromatic nitrogens is 2. The van der Waals surface area contributed by atoms with Gasteiger partial charge in [0.15, 0.2) is 0 Å². The molecule has 3 fully saturated rings. The number of alkyl carbamates (subject to hydrolysis) is 1. The highest BCUT2D eigenvalue weighted by Crippen LogP contribution is 2.66. The summed E-state index contributed by atoms with van der Waals surface area (Å²) >= 11 is 1.76. The highest BCUT2D eigenvalue weighted by Gasteiger charge is 2.64. The molecule has 222 valence electrons. The maximum atomic E-state index is 13.5. The lowest BCUT2D eigenvalue weighted by atomic mass is 9.78. The average molecular weight is 591 g/mol. The molecular formula is C31H39BN4O5S. The number of carbonyl (C=O) groups is 2. The molecule has 42 heavy (non-hydrogen) atoms. The summed E-state index contributed by atoms with van der Waals surface area (Å²) < 4.78 is 17.0. The highest BCUT2D eigenvalue weighted by atomic mass is 32.2. The summed E-state index contributed by atoms with van der Waals surface area (Å²) in [5, 5.41) is 4.94. The second-order valence-electron chi connectivity index (χ2n) is 12.9. The molecule has 0 bridgehead atoms. The van der Waals surface area contributed by atoms with Crippen molar-refractivity contribution in [2.24, 2.45) is 5.92 Å². The van der Waals surface area contributed by atoms with Gasteiger partial charge in [-0.25, -0.2) is 9.78 Å². The number of methoxy groups -OCH3 is 1. The predicted molar refractivity (Wildman–Crippen MR) is 165 cm³/mol. The number of hydrogen-bond acceptors (Lipinski definition) is 7. The van der Waals surface area contributed by atoms with Crippen molar-refractivity contribution in [2.45, 2.75) is 81.7 Å². The number of likely N-dealkylation sites (tertiary alicyclic amines) is 1. The molecule has 3 saturated heterocycles. The Hall–Kier alpha value is -3.02. The number of ether oxygens (including phenoxy) is 1. The molecule has 9 nitrogen and oxygen atoms in total. The number of nitrogens with one attached hydrogen (secondary N) is 2. The Morgan fingerprint density at radius 1 is 1.12 bits per heavy atom. The zero-order valence-electron chi connectivity index (χ0n) is 25.3. The van der Waals surface area contributed by atoms with E-state index in [1.165, 1.54) is 7.11 Å². The van der Waals surface area contributed by atoms with Gasteiger partial charge in [0.25, 0.3) is 0 Å². The van der Waals surface area contributed by atoms with E-state index in [2.05, 4.69) is 74.4 Å². The maximum absolute atomic E-state index is 13.5. The molecule has 3 aliphatic heterocycles. The Morgan fingerprint density at radius 3 is 2.50 bits per heavy atom. The summed E-state index contributed by atoms with van der Waals surface area (Å²) in [6, 6.07) is 12.1. The first-order valence-electron chi connectivity index (χ1n) is 14.6. The molecule has 1 unspecified atom stereocenters. The van der Waals surface area contributed by atoms with Crippen molar-refractivity contribution in [1.82, 2.24) is 20.2 Å². The van der Waals surface area contributed by atoms with E-state index in [0.717, 1.165) is 46.2 Å². The van der Waals surface area contributed by atoms with Crippen LogP contribution in [0.4, 0.5) is 4.79 Å². The van der Waals surface area contributed by atoms with Gasteiger partial charge in [-0.3, -0.25) is 4.79 Å². The lowest BCUT2D eigenvalue weighted by molar-refractivity contribution is -0.135. The number of fused-ring (bicyclic) bond motifs is 2. The van der Waals surface area contributed by atoms with Crippen LogP contribution >= 0.6 is 11.8 Å². The summed E-state index contributed by atoms with van der Waals surface area (Å²) in [5.41, 5.74) is 2.23. The summed E-state index contributed by atoms with van der Waals surface area (Å²) in [6.45, 7) is 12.8. The largest absolute Gasteiger partial charge is 0.494 e. The first-order chi connectivity index (χ1) is 19.8. The fraction of sp³-hybridized carbons (Fsp3) is 0.516. The van der Waals surface area contributed by atoms with Crippen molar-refractivity contribution < 1.29 is 23.6 Å². The normalized spacial score (nSPS) is 24.9. The number of imidazole rings is 1. The summed E-state index contributed by atoms with van der Waals surface area (Å²) in [6.07, 6.45) is 3.10. The van der Waals surface area contributed by atoms with E-state index in [9.17, 15) is 9.59 Å². The molecule has 2 amide bonds. The topological polar surface area (TPSA) is 106 Å². The Morgan fingerprint density at radius 2 is 1.81 bits per heavy atom. The number of H-pyrrole nitrogens is 1. The zero-order chi connectivity index (χ0) is 30.0. The van der Waals surface area contributed by atoms with Crippen molar-refractivity contribution in [3.8, 4) is 11.3 Å². The molecule has 0 aliphatic carbocycles. The number of thioether (sulfide) groups is 1. The van der Waals surface area contributed by atoms with Crippen LogP contribution in [0.25, 0.3) is 22.0 Å². The molecule has 3 atom stereocenters. The molecule has 0 spiro atoms. The van der Waals surface area contributed by atoms with Crippen LogP contribution in [0.3, 0.4) is 0 Å². The standard InChI is InChI=1S/C31H39BN4O5S/c1-18(2)24(35-28(38)39-7)25(37)36-14-8-13-31(27(36)42-31)26-33-17-23(34-26)21-10-9-20-16-22(12-11-19(20)15-21)32-40-29(3,4)30(5,6)41-32/h9-12,15-18,24,27H,8,13-14H2,1-7H3,(H,33,34)(H,35,38)/t24-,27?,31+/m0/s1. The fourth-order valence-electron chi connectivity index (χ4n) is 5.93. The molecule has 0 saturated carbocycles. The molecule has 1 aromatic heterocycles. The third kappa shape index (κ3) is 4.89. The van der Waals surface area contributed by atoms with E-state index < -0.39 is 19.3 Å². The number of piperidine rings is 1. The average Bonchev–Trinajstić information content (AvgIpc) is 3.42. The van der Waals surface area contributed by atoms with E-state index in [-0.39, 0.29) is 33.1 Å². The number of amides is 2. The van der Waals surface area contributed by atoms with Gasteiger partial charge in [0.1, 0.15) is 22.0 Å². The SMILES string of the molecule is COC(=O)N[C@H](C(=O)N1CCC[C@]2(c3ncc(-c4ccc5cc(B6OC(C)(C)C(C)(C)O6)ccc5c4)[nH]3)SC12)C(C)C. The van der Waals surface area contributed by atoms with E-state index in [0.29, 0.717) is 6.54 Å². The van der Waals surface area contributed by atoms with E-state index >= 15 is 0 Å². The number of nitrogens with zero attached hydrogens (tertiary/aromatic N) is 2. The monoisotopic (exact) mass is 590 g/mol. The van der Waals surface area contributed by atoms with Crippen LogP contribution < -0.4 is 10.8 Å². The van der Waals surface area contributed by atoms with Gasteiger partial charge in [-0.05, 0) is 68.8 Å². The Balaban J connectivity index is 1.20. The van der Waals surface area contributed by atoms with Crippen molar-refractivity contribution in [3.63, 3.8) is 0 Å². The van der Waals surface area contributed by atoms with Crippen LogP contribution in [0, 0.1) is 5.92 Å². The number of hydrogen-bond donors (Lipinski definition) is 2.